The Balaban J connectivity index is 1.67. The molecule has 0 saturated heterocycles. The van der Waals surface area contributed by atoms with Crippen LogP contribution >= 0.6 is 0 Å². The monoisotopic (exact) mass is 208 g/mol. The van der Waals surface area contributed by atoms with Crippen LogP contribution in [-0.4, -0.2) is 19.0 Å². The van der Waals surface area contributed by atoms with Crippen molar-refractivity contribution in [3.63, 3.8) is 0 Å². The topological polar surface area (TPSA) is 55.1 Å². The molecule has 0 heterocycles. The van der Waals surface area contributed by atoms with E-state index in [1.165, 1.54) is 24.8 Å². The summed E-state index contributed by atoms with van der Waals surface area (Å²) in [6.45, 7) is 1.29. The highest BCUT2D eigenvalue weighted by atomic mass is 16.2. The smallest absolute Gasteiger partial charge is 0.227 e. The first-order valence-electron chi connectivity index (χ1n) is 5.93. The number of amides is 1. The fourth-order valence-corrected chi connectivity index (χ4v) is 2.16. The molecule has 0 bridgehead atoms. The molecule has 0 aliphatic heterocycles. The summed E-state index contributed by atoms with van der Waals surface area (Å²) in [6.07, 6.45) is 8.99. The van der Waals surface area contributed by atoms with E-state index < -0.39 is 0 Å². The summed E-state index contributed by atoms with van der Waals surface area (Å²) in [5.74, 6) is 0.170. The number of hydrogen-bond donors (Lipinski definition) is 2. The molecule has 84 valence electrons. The third-order valence-corrected chi connectivity index (χ3v) is 3.59. The zero-order chi connectivity index (χ0) is 10.7. The zero-order valence-electron chi connectivity index (χ0n) is 9.22. The van der Waals surface area contributed by atoms with E-state index in [0.29, 0.717) is 6.54 Å². The Morgan fingerprint density at radius 1 is 1.53 bits per heavy atom. The quantitative estimate of drug-likeness (QED) is 0.670. The van der Waals surface area contributed by atoms with Gasteiger partial charge in [-0.3, -0.25) is 4.79 Å². The molecular weight excluding hydrogens is 188 g/mol. The van der Waals surface area contributed by atoms with Gasteiger partial charge < -0.3 is 11.1 Å². The molecular formula is C12H20N2O. The molecule has 1 amide bonds. The second-order valence-electron chi connectivity index (χ2n) is 4.74. The average molecular weight is 208 g/mol. The van der Waals surface area contributed by atoms with Crippen molar-refractivity contribution in [3.8, 4) is 0 Å². The molecule has 1 fully saturated rings. The molecule has 0 radical (unpaired) electrons. The molecule has 3 heteroatoms. The number of allylic oxidation sites excluding steroid dienone is 1. The van der Waals surface area contributed by atoms with E-state index in [1.54, 1.807) is 0 Å². The molecule has 2 aliphatic carbocycles. The van der Waals surface area contributed by atoms with Crippen LogP contribution in [0.25, 0.3) is 0 Å². The summed E-state index contributed by atoms with van der Waals surface area (Å²) in [6, 6.07) is 0. The Hall–Kier alpha value is -0.830. The van der Waals surface area contributed by atoms with Gasteiger partial charge in [0.15, 0.2) is 0 Å². The summed E-state index contributed by atoms with van der Waals surface area (Å²) in [7, 11) is 0. The largest absolute Gasteiger partial charge is 0.355 e. The Kier molecular flexibility index (Phi) is 3.10. The van der Waals surface area contributed by atoms with Gasteiger partial charge in [0.2, 0.25) is 5.91 Å². The van der Waals surface area contributed by atoms with E-state index in [4.69, 9.17) is 5.73 Å². The molecule has 15 heavy (non-hydrogen) atoms. The van der Waals surface area contributed by atoms with Gasteiger partial charge in [-0.15, -0.1) is 0 Å². The van der Waals surface area contributed by atoms with Crippen molar-refractivity contribution < 1.29 is 4.79 Å². The van der Waals surface area contributed by atoms with Crippen LogP contribution in [0.3, 0.4) is 0 Å². The molecule has 0 spiro atoms. The van der Waals surface area contributed by atoms with Gasteiger partial charge in [0.25, 0.3) is 0 Å². The lowest BCUT2D eigenvalue weighted by molar-refractivity contribution is -0.125. The van der Waals surface area contributed by atoms with Crippen molar-refractivity contribution in [2.75, 3.05) is 13.1 Å². The molecule has 3 N–H and O–H groups in total. The minimum atomic E-state index is -0.190. The van der Waals surface area contributed by atoms with Crippen molar-refractivity contribution in [1.29, 1.82) is 0 Å². The number of hydrogen-bond acceptors (Lipinski definition) is 2. The van der Waals surface area contributed by atoms with Crippen LogP contribution in [-0.2, 0) is 4.79 Å². The fraction of sp³-hybridized carbons (Fsp3) is 0.750. The summed E-state index contributed by atoms with van der Waals surface area (Å²) in [5.41, 5.74) is 6.91. The highest BCUT2D eigenvalue weighted by Gasteiger charge is 2.48. The zero-order valence-corrected chi connectivity index (χ0v) is 9.22. The predicted octanol–water partition coefficient (Wildman–Crippen LogP) is 1.34. The van der Waals surface area contributed by atoms with E-state index in [2.05, 4.69) is 11.4 Å². The lowest BCUT2D eigenvalue weighted by atomic mass is 10.1. The first-order chi connectivity index (χ1) is 7.27. The van der Waals surface area contributed by atoms with E-state index >= 15 is 0 Å². The minimum Gasteiger partial charge on any atom is -0.355 e. The van der Waals surface area contributed by atoms with E-state index in [9.17, 15) is 4.79 Å². The van der Waals surface area contributed by atoms with Gasteiger partial charge in [-0.05, 0) is 38.5 Å². The molecule has 0 aromatic rings. The lowest BCUT2D eigenvalue weighted by Crippen LogP contribution is -2.37. The number of carbonyl (C=O) groups excluding carboxylic acids is 1. The molecule has 3 nitrogen and oxygen atoms in total. The molecule has 0 unspecified atom stereocenters. The molecule has 2 rings (SSSR count). The third-order valence-electron chi connectivity index (χ3n) is 3.59. The van der Waals surface area contributed by atoms with E-state index in [1.807, 2.05) is 0 Å². The molecule has 0 aromatic carbocycles. The van der Waals surface area contributed by atoms with Crippen LogP contribution in [0, 0.1) is 5.41 Å². The van der Waals surface area contributed by atoms with Crippen LogP contribution in [0.2, 0.25) is 0 Å². The summed E-state index contributed by atoms with van der Waals surface area (Å²) >= 11 is 0. The normalized spacial score (nSPS) is 22.3. The van der Waals surface area contributed by atoms with Crippen molar-refractivity contribution in [1.82, 2.24) is 5.32 Å². The van der Waals surface area contributed by atoms with Crippen molar-refractivity contribution in [3.05, 3.63) is 11.6 Å². The van der Waals surface area contributed by atoms with Gasteiger partial charge in [0.05, 0.1) is 5.41 Å². The Morgan fingerprint density at radius 2 is 2.33 bits per heavy atom. The third kappa shape index (κ3) is 2.40. The lowest BCUT2D eigenvalue weighted by Gasteiger charge is -2.12. The van der Waals surface area contributed by atoms with Gasteiger partial charge in [-0.25, -0.2) is 0 Å². The van der Waals surface area contributed by atoms with Gasteiger partial charge in [0.1, 0.15) is 0 Å². The first kappa shape index (κ1) is 10.7. The maximum absolute atomic E-state index is 11.7. The molecule has 0 atom stereocenters. The molecule has 0 aromatic heterocycles. The highest BCUT2D eigenvalue weighted by molar-refractivity contribution is 5.85. The van der Waals surface area contributed by atoms with Crippen LogP contribution in [0.5, 0.6) is 0 Å². The summed E-state index contributed by atoms with van der Waals surface area (Å²) in [4.78, 5) is 11.7. The Morgan fingerprint density at radius 3 is 2.87 bits per heavy atom. The number of nitrogens with two attached hydrogens (primary N) is 1. The minimum absolute atomic E-state index is 0.170. The maximum Gasteiger partial charge on any atom is 0.227 e. The second kappa shape index (κ2) is 4.35. The van der Waals surface area contributed by atoms with Gasteiger partial charge in [0, 0.05) is 13.1 Å². The Labute approximate surface area is 91.1 Å². The standard InChI is InChI=1S/C12H20N2O/c13-9-12(6-7-12)11(15)14-8-5-10-3-1-2-4-10/h3H,1-2,4-9,13H2,(H,14,15). The molecule has 2 aliphatic rings. The summed E-state index contributed by atoms with van der Waals surface area (Å²) in [5, 5.41) is 3.00. The maximum atomic E-state index is 11.7. The van der Waals surface area contributed by atoms with Crippen LogP contribution in [0.15, 0.2) is 11.6 Å². The van der Waals surface area contributed by atoms with Crippen molar-refractivity contribution in [2.24, 2.45) is 11.1 Å². The number of carbonyl (C=O) groups is 1. The van der Waals surface area contributed by atoms with Gasteiger partial charge in [-0.2, -0.15) is 0 Å². The summed E-state index contributed by atoms with van der Waals surface area (Å²) < 4.78 is 0. The second-order valence-corrected chi connectivity index (χ2v) is 4.74. The van der Waals surface area contributed by atoms with E-state index in [0.717, 1.165) is 25.8 Å². The van der Waals surface area contributed by atoms with Gasteiger partial charge in [-0.1, -0.05) is 11.6 Å². The average Bonchev–Trinajstić information content (AvgIpc) is 2.90. The van der Waals surface area contributed by atoms with Gasteiger partial charge >= 0.3 is 0 Å². The number of nitrogens with one attached hydrogen (secondary N) is 1. The van der Waals surface area contributed by atoms with Crippen LogP contribution in [0.1, 0.15) is 38.5 Å². The highest BCUT2D eigenvalue weighted by Crippen LogP contribution is 2.44. The fourth-order valence-electron chi connectivity index (χ4n) is 2.16. The molecule has 1 saturated carbocycles. The van der Waals surface area contributed by atoms with E-state index in [-0.39, 0.29) is 11.3 Å². The van der Waals surface area contributed by atoms with Crippen molar-refractivity contribution in [2.45, 2.75) is 38.5 Å². The predicted molar refractivity (Wildman–Crippen MR) is 60.3 cm³/mol. The first-order valence-corrected chi connectivity index (χ1v) is 5.93. The van der Waals surface area contributed by atoms with Crippen LogP contribution < -0.4 is 11.1 Å². The Bertz CT molecular complexity index is 279. The van der Waals surface area contributed by atoms with Crippen LogP contribution in [0.4, 0.5) is 0 Å². The number of rotatable bonds is 5. The SMILES string of the molecule is NCC1(C(=O)NCCC2=CCCC2)CC1. The van der Waals surface area contributed by atoms with Crippen molar-refractivity contribution >= 4 is 5.91 Å².